The Morgan fingerprint density at radius 1 is 0.835 bits per heavy atom. The number of aliphatic hydroxyl groups excluding tert-OH is 1. The van der Waals surface area contributed by atoms with Crippen LogP contribution in [0.5, 0.6) is 0 Å². The summed E-state index contributed by atoms with van der Waals surface area (Å²) in [5.74, 6) is -1.07. The molecule has 492 valence electrons. The lowest BCUT2D eigenvalue weighted by molar-refractivity contribution is -0.138. The zero-order valence-corrected chi connectivity index (χ0v) is 54.3. The molecule has 0 bridgehead atoms. The maximum atomic E-state index is 16.3. The zero-order valence-electron chi connectivity index (χ0n) is 53.5. The Bertz CT molecular complexity index is 3390. The van der Waals surface area contributed by atoms with Gasteiger partial charge in [0.1, 0.15) is 5.82 Å². The van der Waals surface area contributed by atoms with E-state index in [1.165, 1.54) is 12.1 Å². The summed E-state index contributed by atoms with van der Waals surface area (Å²) in [5.41, 5.74) is 3.79. The van der Waals surface area contributed by atoms with Crippen molar-refractivity contribution in [2.24, 2.45) is 5.41 Å². The fourth-order valence-electron chi connectivity index (χ4n) is 12.6. The van der Waals surface area contributed by atoms with Gasteiger partial charge in [-0.25, -0.2) is 19.3 Å². The molecule has 3 aromatic heterocycles. The molecule has 24 heteroatoms. The van der Waals surface area contributed by atoms with Crippen molar-refractivity contribution in [1.82, 2.24) is 50.2 Å². The number of unbranched alkanes of at least 4 members (excludes halogenated alkanes) is 6. The zero-order chi connectivity index (χ0) is 65.1. The van der Waals surface area contributed by atoms with Gasteiger partial charge in [-0.05, 0) is 87.7 Å². The molecular formula is C67H89F4N13O6S. The minimum atomic E-state index is -4.97. The quantitative estimate of drug-likeness (QED) is 0.0288. The van der Waals surface area contributed by atoms with Crippen molar-refractivity contribution < 1.29 is 41.8 Å². The summed E-state index contributed by atoms with van der Waals surface area (Å²) in [4.78, 5) is 94.8. The van der Waals surface area contributed by atoms with Gasteiger partial charge in [0, 0.05) is 145 Å². The lowest BCUT2D eigenvalue weighted by atomic mass is 9.86. The number of hydrogen-bond donors (Lipinski definition) is 5. The highest BCUT2D eigenvalue weighted by Crippen LogP contribution is 2.38. The van der Waals surface area contributed by atoms with Gasteiger partial charge in [-0.1, -0.05) is 83.2 Å². The van der Waals surface area contributed by atoms with E-state index in [0.29, 0.717) is 114 Å². The van der Waals surface area contributed by atoms with Gasteiger partial charge in [-0.15, -0.1) is 11.3 Å². The number of halogens is 4. The van der Waals surface area contributed by atoms with Crippen LogP contribution in [-0.2, 0) is 33.6 Å². The van der Waals surface area contributed by atoms with Crippen molar-refractivity contribution in [3.8, 4) is 10.4 Å². The molecule has 0 saturated carbocycles. The third-order valence-corrected chi connectivity index (χ3v) is 19.4. The number of nitrogens with zero attached hydrogens (tertiary/aromatic N) is 9. The highest BCUT2D eigenvalue weighted by molar-refractivity contribution is 7.13. The van der Waals surface area contributed by atoms with Gasteiger partial charge in [-0.3, -0.25) is 38.7 Å². The second kappa shape index (κ2) is 30.5. The molecule has 0 radical (unpaired) electrons. The van der Waals surface area contributed by atoms with Gasteiger partial charge in [0.2, 0.25) is 29.2 Å². The number of thiazole rings is 1. The van der Waals surface area contributed by atoms with Crippen molar-refractivity contribution in [2.75, 3.05) is 87.6 Å². The number of β-amino-alcohol motifs (C(OH)–C–C–N with tert-alkyl or cyclic N) is 1. The standard InChI is InChI=1S/C67H89F4N13O6S/c1-43-37-83(38-44(2)79(43)7)56-32-54(68)51(30-55(56)77-63(89)52-36-72-60(87)31-53(52)67(69,70)71)48-21-23-82(24-22-48)65-74-34-47(35-75-65)39-80-25-27-81(28-26-80)61(88)16-14-12-10-8-9-11-13-15-59(86)78-58(66(4,5)6)41-84-40-50(85)29-57(84)64(90)73-33-46-17-19-49(20-18-46)62-45(3)76-42-91-62/h17-21,30-32,34-36,42-44,50,57-58,85H,8-16,22-29,33,37-41H2,1-7H3,(H,72,87)(H,73,90)(H,77,89)(H,78,86)/t43-,44+,50-,57+,58-/m1/s1. The number of aliphatic hydroxyl groups is 1. The molecule has 0 aliphatic carbocycles. The van der Waals surface area contributed by atoms with Gasteiger partial charge >= 0.3 is 6.18 Å². The van der Waals surface area contributed by atoms with E-state index in [2.05, 4.69) is 66.5 Å². The topological polar surface area (TPSA) is 216 Å². The van der Waals surface area contributed by atoms with Crippen molar-refractivity contribution in [3.05, 3.63) is 122 Å². The molecule has 5 atom stereocenters. The minimum absolute atomic E-state index is 0.00653. The molecule has 4 aliphatic heterocycles. The third-order valence-electron chi connectivity index (χ3n) is 18.4. The van der Waals surface area contributed by atoms with Crippen LogP contribution in [0.4, 0.5) is 34.9 Å². The summed E-state index contributed by atoms with van der Waals surface area (Å²) in [6.45, 7) is 18.7. The number of pyridine rings is 1. The van der Waals surface area contributed by atoms with Crippen molar-refractivity contribution in [2.45, 2.75) is 162 Å². The second-order valence-electron chi connectivity index (χ2n) is 26.2. The van der Waals surface area contributed by atoms with E-state index in [-0.39, 0.29) is 52.5 Å². The molecule has 5 aromatic rings. The molecule has 19 nitrogen and oxygen atoms in total. The van der Waals surface area contributed by atoms with Crippen molar-refractivity contribution in [1.29, 1.82) is 0 Å². The van der Waals surface area contributed by atoms with Crippen LogP contribution < -0.4 is 31.3 Å². The number of benzene rings is 2. The first-order valence-corrected chi connectivity index (χ1v) is 32.9. The number of aromatic nitrogens is 4. The number of anilines is 3. The first kappa shape index (κ1) is 68.3. The second-order valence-corrected chi connectivity index (χ2v) is 27.0. The number of carbonyl (C=O) groups is 4. The number of aryl methyl sites for hydroxylation is 1. The van der Waals surface area contributed by atoms with E-state index in [1.807, 2.05) is 83.3 Å². The number of piperazine rings is 2. The number of hydrogen-bond acceptors (Lipinski definition) is 15. The Morgan fingerprint density at radius 2 is 1.51 bits per heavy atom. The van der Waals surface area contributed by atoms with E-state index in [4.69, 9.17) is 0 Å². The van der Waals surface area contributed by atoms with Crippen molar-refractivity contribution >= 4 is 57.9 Å². The van der Waals surface area contributed by atoms with Gasteiger partial charge in [-0.2, -0.15) is 13.2 Å². The number of likely N-dealkylation sites (tertiary alicyclic amines) is 1. The normalized spacial score (nSPS) is 20.0. The van der Waals surface area contributed by atoms with Crippen LogP contribution in [-0.4, -0.2) is 171 Å². The Hall–Kier alpha value is -7.12. The SMILES string of the molecule is Cc1ncsc1-c1ccc(CNC(=O)[C@@H]2C[C@@H](O)CN2C[C@@H](NC(=O)CCCCCCCCCC(=O)N2CCN(Cc3cnc(N4CC=C(c5cc(NC(=O)c6c[nH]c(=O)cc6C(F)(F)F)c(N6C[C@@H](C)N(C)[C@@H](C)C6)cc5F)CC4)nc3)CC2)C(C)(C)C)cc1. The van der Waals surface area contributed by atoms with E-state index < -0.39 is 46.7 Å². The Morgan fingerprint density at radius 3 is 2.13 bits per heavy atom. The number of nitrogens with one attached hydrogen (secondary N) is 4. The molecular weight excluding hydrogens is 1190 g/mol. The Kier molecular flexibility index (Phi) is 22.9. The number of amides is 4. The molecule has 0 unspecified atom stereocenters. The molecule has 3 saturated heterocycles. The average molecular weight is 1280 g/mol. The molecule has 4 amide bonds. The maximum Gasteiger partial charge on any atom is 0.417 e. The number of rotatable bonds is 24. The van der Waals surface area contributed by atoms with Crippen LogP contribution in [0, 0.1) is 18.2 Å². The molecule has 7 heterocycles. The minimum Gasteiger partial charge on any atom is -0.392 e. The summed E-state index contributed by atoms with van der Waals surface area (Å²) in [6.07, 6.45) is 8.93. The molecule has 0 spiro atoms. The van der Waals surface area contributed by atoms with Crippen LogP contribution >= 0.6 is 11.3 Å². The van der Waals surface area contributed by atoms with Gasteiger partial charge in [0.25, 0.3) is 5.91 Å². The molecule has 3 fully saturated rings. The highest BCUT2D eigenvalue weighted by Gasteiger charge is 2.40. The largest absolute Gasteiger partial charge is 0.417 e. The molecule has 91 heavy (non-hydrogen) atoms. The monoisotopic (exact) mass is 1280 g/mol. The Balaban J connectivity index is 0.656. The molecule has 9 rings (SSSR count). The number of carbonyl (C=O) groups excluding carboxylic acids is 4. The highest BCUT2D eigenvalue weighted by atomic mass is 32.1. The fraction of sp³-hybridized carbons (Fsp3) is 0.552. The predicted molar refractivity (Wildman–Crippen MR) is 347 cm³/mol. The van der Waals surface area contributed by atoms with Crippen molar-refractivity contribution in [3.63, 3.8) is 0 Å². The van der Waals surface area contributed by atoms with E-state index in [1.54, 1.807) is 23.7 Å². The van der Waals surface area contributed by atoms with Gasteiger partial charge < -0.3 is 40.7 Å². The first-order valence-electron chi connectivity index (χ1n) is 32.0. The van der Waals surface area contributed by atoms with Crippen LogP contribution in [0.25, 0.3) is 16.0 Å². The number of H-pyrrole nitrogens is 1. The summed E-state index contributed by atoms with van der Waals surface area (Å²) in [7, 11) is 1.99. The predicted octanol–water partition coefficient (Wildman–Crippen LogP) is 9.27. The van der Waals surface area contributed by atoms with Crippen LogP contribution in [0.15, 0.2) is 77.4 Å². The maximum absolute atomic E-state index is 16.3. The third kappa shape index (κ3) is 18.1. The lowest BCUT2D eigenvalue weighted by Crippen LogP contribution is -2.55. The summed E-state index contributed by atoms with van der Waals surface area (Å²) < 4.78 is 58.4. The smallest absolute Gasteiger partial charge is 0.392 e. The van der Waals surface area contributed by atoms with E-state index >= 15 is 4.39 Å². The van der Waals surface area contributed by atoms with E-state index in [0.717, 1.165) is 91.5 Å². The summed E-state index contributed by atoms with van der Waals surface area (Å²) >= 11 is 1.60. The van der Waals surface area contributed by atoms with Crippen LogP contribution in [0.2, 0.25) is 0 Å². The molecule has 5 N–H and O–H groups in total. The number of alkyl halides is 3. The Labute approximate surface area is 535 Å². The lowest BCUT2D eigenvalue weighted by Gasteiger charge is -2.44. The number of likely N-dealkylation sites (N-methyl/N-ethyl adjacent to an activating group) is 1. The number of aromatic amines is 1. The van der Waals surface area contributed by atoms with Crippen LogP contribution in [0.1, 0.15) is 144 Å². The first-order chi connectivity index (χ1) is 43.4. The average Bonchev–Trinajstić information content (AvgIpc) is 1.97. The van der Waals surface area contributed by atoms with E-state index in [9.17, 15) is 42.3 Å². The van der Waals surface area contributed by atoms with Gasteiger partial charge in [0.15, 0.2) is 0 Å². The van der Waals surface area contributed by atoms with Crippen LogP contribution in [0.3, 0.4) is 0 Å². The fourth-order valence-corrected chi connectivity index (χ4v) is 13.4. The summed E-state index contributed by atoms with van der Waals surface area (Å²) in [5, 5.41) is 19.6. The summed E-state index contributed by atoms with van der Waals surface area (Å²) in [6, 6.07) is 10.7. The molecule has 4 aliphatic rings. The molecule has 2 aromatic carbocycles. The van der Waals surface area contributed by atoms with Gasteiger partial charge in [0.05, 0.1) is 50.7 Å².